The number of hydrogen-bond donors (Lipinski definition) is 2. The normalized spacial score (nSPS) is 21.4. The van der Waals surface area contributed by atoms with Crippen LogP contribution in [-0.2, 0) is 9.59 Å². The fourth-order valence-corrected chi connectivity index (χ4v) is 4.85. The van der Waals surface area contributed by atoms with Crippen LogP contribution >= 0.6 is 11.9 Å². The van der Waals surface area contributed by atoms with Crippen LogP contribution in [0.25, 0.3) is 0 Å². The second kappa shape index (κ2) is 9.19. The number of imide groups is 1. The lowest BCUT2D eigenvalue weighted by Gasteiger charge is -2.36. The maximum atomic E-state index is 13.1. The van der Waals surface area contributed by atoms with E-state index >= 15 is 0 Å². The van der Waals surface area contributed by atoms with Crippen LogP contribution in [0.3, 0.4) is 0 Å². The highest BCUT2D eigenvalue weighted by molar-refractivity contribution is 8.02. The molecule has 3 aliphatic rings. The second-order valence-corrected chi connectivity index (χ2v) is 8.49. The number of ether oxygens (including phenoxy) is 1. The van der Waals surface area contributed by atoms with Crippen LogP contribution in [0.15, 0.2) is 34.9 Å². The lowest BCUT2D eigenvalue weighted by molar-refractivity contribution is -0.130. The van der Waals surface area contributed by atoms with Gasteiger partial charge >= 0.3 is 6.03 Å². The molecule has 0 aliphatic carbocycles. The van der Waals surface area contributed by atoms with Crippen LogP contribution in [0.2, 0.25) is 0 Å². The summed E-state index contributed by atoms with van der Waals surface area (Å²) in [5, 5.41) is 2.78. The highest BCUT2D eigenvalue weighted by Gasteiger charge is 2.44. The molecule has 3 heterocycles. The zero-order chi connectivity index (χ0) is 22.0. The third-order valence-electron chi connectivity index (χ3n) is 5.75. The lowest BCUT2D eigenvalue weighted by atomic mass is 10.1. The fraction of sp³-hybridized carbons (Fsp3) is 0.476. The highest BCUT2D eigenvalue weighted by Crippen LogP contribution is 2.32. The third-order valence-corrected chi connectivity index (χ3v) is 6.70. The number of benzene rings is 1. The van der Waals surface area contributed by atoms with Gasteiger partial charge in [-0.25, -0.2) is 9.52 Å². The summed E-state index contributed by atoms with van der Waals surface area (Å²) in [6.45, 7) is 4.94. The molecule has 10 heteroatoms. The number of nitrogens with one attached hydrogen (secondary N) is 2. The Hall–Kier alpha value is -2.72. The molecule has 1 unspecified atom stereocenters. The number of carbonyl (C=O) groups excluding carboxylic acids is 3. The molecule has 2 saturated heterocycles. The molecule has 0 saturated carbocycles. The zero-order valence-electron chi connectivity index (χ0n) is 17.7. The minimum atomic E-state index is -0.681. The number of methoxy groups -OCH3 is 1. The van der Waals surface area contributed by atoms with E-state index in [0.29, 0.717) is 43.3 Å². The molecule has 4 rings (SSSR count). The molecule has 31 heavy (non-hydrogen) atoms. The quantitative estimate of drug-likeness (QED) is 0.642. The molecule has 1 atom stereocenters. The summed E-state index contributed by atoms with van der Waals surface area (Å²) in [4.78, 5) is 43.9. The number of nitrogens with zero attached hydrogens (tertiary/aromatic N) is 3. The Kier molecular flexibility index (Phi) is 6.38. The molecule has 166 valence electrons. The van der Waals surface area contributed by atoms with Gasteiger partial charge in [0.2, 0.25) is 0 Å². The molecule has 2 fully saturated rings. The number of hydrogen-bond acceptors (Lipinski definition) is 7. The fourth-order valence-electron chi connectivity index (χ4n) is 3.90. The summed E-state index contributed by atoms with van der Waals surface area (Å²) >= 11 is 1.13. The van der Waals surface area contributed by atoms with E-state index in [-0.39, 0.29) is 11.8 Å². The predicted molar refractivity (Wildman–Crippen MR) is 118 cm³/mol. The number of fused-ring (bicyclic) bond motifs is 1. The number of rotatable bonds is 6. The predicted octanol–water partition coefficient (Wildman–Crippen LogP) is 1.53. The molecular formula is C21H27N5O4S. The maximum absolute atomic E-state index is 13.1. The Morgan fingerprint density at radius 2 is 1.87 bits per heavy atom. The van der Waals surface area contributed by atoms with E-state index in [2.05, 4.69) is 14.9 Å². The smallest absolute Gasteiger partial charge is 0.328 e. The van der Waals surface area contributed by atoms with Gasteiger partial charge in [0.15, 0.2) is 0 Å². The van der Waals surface area contributed by atoms with E-state index in [9.17, 15) is 14.4 Å². The van der Waals surface area contributed by atoms with Crippen molar-refractivity contribution >= 4 is 35.5 Å². The van der Waals surface area contributed by atoms with Crippen molar-refractivity contribution in [2.75, 3.05) is 44.7 Å². The number of carbonyl (C=O) groups is 3. The van der Waals surface area contributed by atoms with Crippen LogP contribution in [0.1, 0.15) is 19.8 Å². The zero-order valence-corrected chi connectivity index (χ0v) is 18.5. The van der Waals surface area contributed by atoms with Gasteiger partial charge in [-0.3, -0.25) is 14.5 Å². The molecule has 9 nitrogen and oxygen atoms in total. The van der Waals surface area contributed by atoms with Crippen LogP contribution < -0.4 is 19.7 Å². The average molecular weight is 446 g/mol. The van der Waals surface area contributed by atoms with Gasteiger partial charge in [0.05, 0.1) is 12.8 Å². The Morgan fingerprint density at radius 3 is 2.52 bits per heavy atom. The van der Waals surface area contributed by atoms with Crippen molar-refractivity contribution in [1.82, 2.24) is 19.8 Å². The summed E-state index contributed by atoms with van der Waals surface area (Å²) < 4.78 is 8.22. The van der Waals surface area contributed by atoms with Crippen molar-refractivity contribution in [3.8, 4) is 5.75 Å². The third kappa shape index (κ3) is 4.22. The molecule has 0 spiro atoms. The minimum absolute atomic E-state index is 0.153. The number of anilines is 1. The summed E-state index contributed by atoms with van der Waals surface area (Å²) in [6, 6.07) is 6.73. The highest BCUT2D eigenvalue weighted by atomic mass is 32.2. The first-order chi connectivity index (χ1) is 15.0. The molecule has 0 aromatic heterocycles. The van der Waals surface area contributed by atoms with Gasteiger partial charge in [-0.05, 0) is 42.6 Å². The lowest BCUT2D eigenvalue weighted by Crippen LogP contribution is -2.58. The van der Waals surface area contributed by atoms with Crippen molar-refractivity contribution in [3.63, 3.8) is 0 Å². The van der Waals surface area contributed by atoms with Crippen molar-refractivity contribution in [2.45, 2.75) is 25.8 Å². The number of urea groups is 1. The van der Waals surface area contributed by atoms with Crippen molar-refractivity contribution in [3.05, 3.63) is 34.9 Å². The molecular weight excluding hydrogens is 418 g/mol. The van der Waals surface area contributed by atoms with Crippen LogP contribution in [0.5, 0.6) is 5.75 Å². The van der Waals surface area contributed by atoms with Gasteiger partial charge in [-0.1, -0.05) is 13.3 Å². The summed E-state index contributed by atoms with van der Waals surface area (Å²) in [7, 11) is 1.64. The van der Waals surface area contributed by atoms with Crippen molar-refractivity contribution in [1.29, 1.82) is 0 Å². The average Bonchev–Trinajstić information content (AvgIpc) is 3.22. The van der Waals surface area contributed by atoms with Crippen LogP contribution in [0, 0.1) is 0 Å². The Labute approximate surface area is 185 Å². The van der Waals surface area contributed by atoms with E-state index < -0.39 is 12.1 Å². The maximum Gasteiger partial charge on any atom is 0.328 e. The Morgan fingerprint density at radius 1 is 1.16 bits per heavy atom. The molecule has 1 aromatic rings. The van der Waals surface area contributed by atoms with E-state index in [0.717, 1.165) is 36.2 Å². The number of piperazine rings is 1. The van der Waals surface area contributed by atoms with Gasteiger partial charge in [0.1, 0.15) is 16.7 Å². The molecule has 0 radical (unpaired) electrons. The Balaban J connectivity index is 1.41. The molecule has 3 aliphatic heterocycles. The standard InChI is InChI=1S/C21H27N5O4S/c1-3-4-9-26-19(27)17-16(22-21(26)29)18(31-23-17)20(28)25-12-10-24(11-13-25)14-5-7-15(30-2)8-6-14/h5-8,17,23H,3-4,9-13H2,1-2H3,(H,22,29). The Bertz CT molecular complexity index is 896. The number of amides is 4. The van der Waals surface area contributed by atoms with Crippen LogP contribution in [0.4, 0.5) is 10.5 Å². The van der Waals surface area contributed by atoms with Gasteiger partial charge in [-0.15, -0.1) is 0 Å². The SMILES string of the molecule is CCCCN1C(=O)NC2=C(C(=O)N3CCN(c4ccc(OC)cc4)CC3)SNC2C1=O. The first-order valence-corrected chi connectivity index (χ1v) is 11.3. The van der Waals surface area contributed by atoms with Crippen molar-refractivity contribution < 1.29 is 19.1 Å². The van der Waals surface area contributed by atoms with Crippen molar-refractivity contribution in [2.24, 2.45) is 0 Å². The van der Waals surface area contributed by atoms with E-state index in [1.807, 2.05) is 31.2 Å². The van der Waals surface area contributed by atoms with E-state index in [4.69, 9.17) is 4.74 Å². The van der Waals surface area contributed by atoms with E-state index in [1.54, 1.807) is 12.0 Å². The van der Waals surface area contributed by atoms with Gasteiger partial charge < -0.3 is 19.9 Å². The second-order valence-electron chi connectivity index (χ2n) is 7.65. The largest absolute Gasteiger partial charge is 0.497 e. The topological polar surface area (TPSA) is 94.2 Å². The van der Waals surface area contributed by atoms with Crippen LogP contribution in [-0.4, -0.2) is 73.5 Å². The van der Waals surface area contributed by atoms with E-state index in [1.165, 1.54) is 4.90 Å². The molecule has 1 aromatic carbocycles. The minimum Gasteiger partial charge on any atom is -0.497 e. The first-order valence-electron chi connectivity index (χ1n) is 10.5. The summed E-state index contributed by atoms with van der Waals surface area (Å²) in [5.41, 5.74) is 1.47. The summed E-state index contributed by atoms with van der Waals surface area (Å²) in [5.74, 6) is 0.356. The summed E-state index contributed by atoms with van der Waals surface area (Å²) in [6.07, 6.45) is 1.64. The first kappa shape index (κ1) is 21.5. The van der Waals surface area contributed by atoms with Gasteiger partial charge in [0.25, 0.3) is 11.8 Å². The number of unbranched alkanes of at least 4 members (excludes halogenated alkanes) is 1. The van der Waals surface area contributed by atoms with Gasteiger partial charge in [-0.2, -0.15) is 0 Å². The molecule has 4 amide bonds. The van der Waals surface area contributed by atoms with Gasteiger partial charge in [0, 0.05) is 38.4 Å². The molecule has 2 N–H and O–H groups in total. The molecule has 0 bridgehead atoms. The monoisotopic (exact) mass is 445 g/mol.